The Labute approximate surface area is 96.0 Å². The Kier molecular flexibility index (Phi) is 4.76. The van der Waals surface area contributed by atoms with Crippen molar-refractivity contribution in [2.75, 3.05) is 19.0 Å². The van der Waals surface area contributed by atoms with Gasteiger partial charge in [-0.2, -0.15) is 0 Å². The minimum atomic E-state index is -0.410. The number of pyridine rings is 1. The Morgan fingerprint density at radius 3 is 3.00 bits per heavy atom. The van der Waals surface area contributed by atoms with Crippen molar-refractivity contribution in [3.05, 3.63) is 24.0 Å². The van der Waals surface area contributed by atoms with E-state index >= 15 is 0 Å². The van der Waals surface area contributed by atoms with Crippen LogP contribution in [-0.2, 0) is 4.74 Å². The lowest BCUT2D eigenvalue weighted by molar-refractivity contribution is 0.0594. The zero-order valence-electron chi connectivity index (χ0n) is 9.99. The van der Waals surface area contributed by atoms with Crippen molar-refractivity contribution in [3.8, 4) is 0 Å². The predicted molar refractivity (Wildman–Crippen MR) is 63.5 cm³/mol. The van der Waals surface area contributed by atoms with Gasteiger partial charge in [0.15, 0.2) is 0 Å². The molecule has 0 saturated carbocycles. The van der Waals surface area contributed by atoms with Gasteiger partial charge in [0.2, 0.25) is 0 Å². The third-order valence-corrected chi connectivity index (χ3v) is 2.51. The predicted octanol–water partition coefficient (Wildman–Crippen LogP) is 2.33. The Hall–Kier alpha value is -1.58. The van der Waals surface area contributed by atoms with Crippen molar-refractivity contribution in [1.29, 1.82) is 0 Å². The number of methoxy groups -OCH3 is 1. The van der Waals surface area contributed by atoms with Gasteiger partial charge in [-0.25, -0.2) is 9.78 Å². The van der Waals surface area contributed by atoms with Gasteiger partial charge in [0.1, 0.15) is 5.69 Å². The van der Waals surface area contributed by atoms with E-state index in [1.54, 1.807) is 12.3 Å². The summed E-state index contributed by atoms with van der Waals surface area (Å²) >= 11 is 0. The van der Waals surface area contributed by atoms with Gasteiger partial charge >= 0.3 is 5.97 Å². The summed E-state index contributed by atoms with van der Waals surface area (Å²) in [6.07, 6.45) is 2.73. The average Bonchev–Trinajstić information content (AvgIpc) is 2.35. The molecule has 1 unspecified atom stereocenters. The Balaban J connectivity index is 2.64. The van der Waals surface area contributed by atoms with Crippen LogP contribution in [0.15, 0.2) is 18.3 Å². The third kappa shape index (κ3) is 3.53. The first-order valence-electron chi connectivity index (χ1n) is 5.45. The van der Waals surface area contributed by atoms with Crippen molar-refractivity contribution >= 4 is 11.7 Å². The molecule has 1 heterocycles. The number of carbonyl (C=O) groups is 1. The summed E-state index contributed by atoms with van der Waals surface area (Å²) in [7, 11) is 1.35. The Morgan fingerprint density at radius 2 is 2.38 bits per heavy atom. The van der Waals surface area contributed by atoms with Gasteiger partial charge in [0.25, 0.3) is 0 Å². The lowest BCUT2D eigenvalue weighted by Crippen LogP contribution is -2.11. The summed E-state index contributed by atoms with van der Waals surface area (Å²) in [5.41, 5.74) is 1.23. The first kappa shape index (κ1) is 12.5. The number of anilines is 1. The van der Waals surface area contributed by atoms with E-state index in [-0.39, 0.29) is 0 Å². The Bertz CT molecular complexity index is 353. The van der Waals surface area contributed by atoms with Crippen LogP contribution in [0.1, 0.15) is 30.8 Å². The number of aromatic nitrogens is 1. The number of hydrogen-bond donors (Lipinski definition) is 1. The van der Waals surface area contributed by atoms with Crippen LogP contribution in [0.5, 0.6) is 0 Å². The van der Waals surface area contributed by atoms with Gasteiger partial charge < -0.3 is 10.1 Å². The smallest absolute Gasteiger partial charge is 0.356 e. The highest BCUT2D eigenvalue weighted by molar-refractivity contribution is 5.88. The summed E-state index contributed by atoms with van der Waals surface area (Å²) in [5.74, 6) is 0.196. The topological polar surface area (TPSA) is 51.2 Å². The third-order valence-electron chi connectivity index (χ3n) is 2.51. The van der Waals surface area contributed by atoms with Crippen molar-refractivity contribution in [2.24, 2.45) is 5.92 Å². The van der Waals surface area contributed by atoms with Crippen LogP contribution in [0.25, 0.3) is 0 Å². The molecular formula is C12H18N2O2. The van der Waals surface area contributed by atoms with E-state index in [2.05, 4.69) is 28.9 Å². The van der Waals surface area contributed by atoms with E-state index in [9.17, 15) is 4.79 Å². The van der Waals surface area contributed by atoms with Crippen LogP contribution in [-0.4, -0.2) is 24.6 Å². The summed E-state index contributed by atoms with van der Waals surface area (Å²) in [4.78, 5) is 15.2. The number of ether oxygens (including phenoxy) is 1. The number of carbonyl (C=O) groups excluding carboxylic acids is 1. The second kappa shape index (κ2) is 6.10. The van der Waals surface area contributed by atoms with Crippen LogP contribution in [0.4, 0.5) is 5.69 Å². The minimum absolute atomic E-state index is 0.330. The highest BCUT2D eigenvalue weighted by Crippen LogP contribution is 2.10. The maximum Gasteiger partial charge on any atom is 0.356 e. The van der Waals surface area contributed by atoms with E-state index in [1.807, 2.05) is 6.07 Å². The van der Waals surface area contributed by atoms with E-state index in [1.165, 1.54) is 7.11 Å². The first-order chi connectivity index (χ1) is 7.67. The molecule has 88 valence electrons. The molecule has 0 spiro atoms. The molecule has 0 fully saturated rings. The maximum atomic E-state index is 11.2. The molecule has 0 aliphatic carbocycles. The molecule has 0 aliphatic heterocycles. The van der Waals surface area contributed by atoms with E-state index in [0.717, 1.165) is 18.7 Å². The number of hydrogen-bond acceptors (Lipinski definition) is 4. The van der Waals surface area contributed by atoms with Crippen LogP contribution in [0, 0.1) is 5.92 Å². The van der Waals surface area contributed by atoms with Gasteiger partial charge in [-0.3, -0.25) is 0 Å². The standard InChI is InChI=1S/C12H18N2O2/c1-4-9(2)8-14-10-5-6-13-11(7-10)12(15)16-3/h5-7,9H,4,8H2,1-3H3,(H,13,14). The fourth-order valence-electron chi connectivity index (χ4n) is 1.19. The van der Waals surface area contributed by atoms with Crippen molar-refractivity contribution in [1.82, 2.24) is 4.98 Å². The average molecular weight is 222 g/mol. The van der Waals surface area contributed by atoms with Gasteiger partial charge in [-0.15, -0.1) is 0 Å². The molecule has 1 aromatic rings. The van der Waals surface area contributed by atoms with Crippen LogP contribution in [0.3, 0.4) is 0 Å². The molecule has 4 heteroatoms. The number of nitrogens with one attached hydrogen (secondary N) is 1. The number of rotatable bonds is 5. The van der Waals surface area contributed by atoms with Gasteiger partial charge in [0.05, 0.1) is 7.11 Å². The molecule has 0 radical (unpaired) electrons. The molecule has 0 saturated heterocycles. The minimum Gasteiger partial charge on any atom is -0.464 e. The van der Waals surface area contributed by atoms with Crippen LogP contribution >= 0.6 is 0 Å². The van der Waals surface area contributed by atoms with Crippen molar-refractivity contribution in [3.63, 3.8) is 0 Å². The molecule has 0 aromatic carbocycles. The second-order valence-electron chi connectivity index (χ2n) is 3.82. The number of nitrogens with zero attached hydrogens (tertiary/aromatic N) is 1. The fraction of sp³-hybridized carbons (Fsp3) is 0.500. The van der Waals surface area contributed by atoms with Crippen LogP contribution < -0.4 is 5.32 Å². The molecule has 0 amide bonds. The van der Waals surface area contributed by atoms with Gasteiger partial charge in [0, 0.05) is 18.4 Å². The molecular weight excluding hydrogens is 204 g/mol. The molecule has 1 atom stereocenters. The molecule has 0 bridgehead atoms. The molecule has 1 rings (SSSR count). The molecule has 4 nitrogen and oxygen atoms in total. The van der Waals surface area contributed by atoms with E-state index < -0.39 is 5.97 Å². The van der Waals surface area contributed by atoms with Crippen molar-refractivity contribution < 1.29 is 9.53 Å². The monoisotopic (exact) mass is 222 g/mol. The molecule has 1 N–H and O–H groups in total. The highest BCUT2D eigenvalue weighted by Gasteiger charge is 2.07. The first-order valence-corrected chi connectivity index (χ1v) is 5.45. The summed E-state index contributed by atoms with van der Waals surface area (Å²) in [5, 5.41) is 3.27. The van der Waals surface area contributed by atoms with Gasteiger partial charge in [-0.05, 0) is 18.1 Å². The quantitative estimate of drug-likeness (QED) is 0.777. The highest BCUT2D eigenvalue weighted by atomic mass is 16.5. The zero-order chi connectivity index (χ0) is 12.0. The molecule has 16 heavy (non-hydrogen) atoms. The van der Waals surface area contributed by atoms with E-state index in [4.69, 9.17) is 0 Å². The number of esters is 1. The normalized spacial score (nSPS) is 11.9. The zero-order valence-corrected chi connectivity index (χ0v) is 9.99. The van der Waals surface area contributed by atoms with E-state index in [0.29, 0.717) is 11.6 Å². The van der Waals surface area contributed by atoms with Crippen molar-refractivity contribution in [2.45, 2.75) is 20.3 Å². The second-order valence-corrected chi connectivity index (χ2v) is 3.82. The summed E-state index contributed by atoms with van der Waals surface area (Å²) in [6, 6.07) is 3.54. The van der Waals surface area contributed by atoms with Gasteiger partial charge in [-0.1, -0.05) is 20.3 Å². The summed E-state index contributed by atoms with van der Waals surface area (Å²) < 4.78 is 4.61. The molecule has 1 aromatic heterocycles. The summed E-state index contributed by atoms with van der Waals surface area (Å²) in [6.45, 7) is 5.22. The molecule has 0 aliphatic rings. The lowest BCUT2D eigenvalue weighted by atomic mass is 10.1. The van der Waals surface area contributed by atoms with Crippen LogP contribution in [0.2, 0.25) is 0 Å². The lowest BCUT2D eigenvalue weighted by Gasteiger charge is -2.11. The largest absolute Gasteiger partial charge is 0.464 e. The Morgan fingerprint density at radius 1 is 1.62 bits per heavy atom. The SMILES string of the molecule is CCC(C)CNc1ccnc(C(=O)OC)c1. The fourth-order valence-corrected chi connectivity index (χ4v) is 1.19. The maximum absolute atomic E-state index is 11.2.